The Morgan fingerprint density at radius 1 is 1.09 bits per heavy atom. The molecule has 3 fully saturated rings. The van der Waals surface area contributed by atoms with E-state index in [0.29, 0.717) is 19.4 Å². The molecule has 1 aliphatic carbocycles. The van der Waals surface area contributed by atoms with Crippen LogP contribution in [0, 0.1) is 5.92 Å². The second-order valence-electron chi connectivity index (χ2n) is 6.61. The van der Waals surface area contributed by atoms with Crippen molar-refractivity contribution in [2.75, 3.05) is 13.1 Å². The highest BCUT2D eigenvalue weighted by Gasteiger charge is 2.56. The minimum absolute atomic E-state index is 0.234. The first-order valence-corrected chi connectivity index (χ1v) is 8.01. The van der Waals surface area contributed by atoms with Crippen LogP contribution in [0.2, 0.25) is 0 Å². The standard InChI is InChI=1S/C15H20F2N2O4/c16-15(17)8-10(18-5-1-3-12(18)20)9(14(22)23)7-11(15)19-6-2-4-13(19)21/h9-11H,1-8H2,(H,22,23). The Labute approximate surface area is 132 Å². The number of hydrogen-bond donors (Lipinski definition) is 1. The van der Waals surface area contributed by atoms with Gasteiger partial charge in [-0.3, -0.25) is 14.4 Å². The number of halogens is 2. The van der Waals surface area contributed by atoms with E-state index in [0.717, 1.165) is 4.90 Å². The zero-order chi connectivity index (χ0) is 16.8. The summed E-state index contributed by atoms with van der Waals surface area (Å²) in [4.78, 5) is 37.7. The summed E-state index contributed by atoms with van der Waals surface area (Å²) in [7, 11) is 0. The molecule has 2 heterocycles. The van der Waals surface area contributed by atoms with E-state index in [1.807, 2.05) is 0 Å². The fraction of sp³-hybridized carbons (Fsp3) is 0.800. The zero-order valence-electron chi connectivity index (χ0n) is 12.7. The Kier molecular flexibility index (Phi) is 4.01. The van der Waals surface area contributed by atoms with E-state index < -0.39 is 36.3 Å². The van der Waals surface area contributed by atoms with E-state index in [4.69, 9.17) is 0 Å². The highest BCUT2D eigenvalue weighted by molar-refractivity contribution is 5.81. The van der Waals surface area contributed by atoms with Crippen molar-refractivity contribution in [3.8, 4) is 0 Å². The molecule has 0 aromatic rings. The Morgan fingerprint density at radius 2 is 1.65 bits per heavy atom. The Balaban J connectivity index is 1.86. The van der Waals surface area contributed by atoms with E-state index >= 15 is 0 Å². The van der Waals surface area contributed by atoms with Crippen molar-refractivity contribution in [2.24, 2.45) is 5.92 Å². The van der Waals surface area contributed by atoms with E-state index in [2.05, 4.69) is 0 Å². The molecule has 3 aliphatic rings. The maximum absolute atomic E-state index is 14.6. The molecule has 0 spiro atoms. The summed E-state index contributed by atoms with van der Waals surface area (Å²) in [6, 6.07) is -2.38. The van der Waals surface area contributed by atoms with Crippen molar-refractivity contribution in [3.05, 3.63) is 0 Å². The lowest BCUT2D eigenvalue weighted by molar-refractivity contribution is -0.171. The molecule has 6 nitrogen and oxygen atoms in total. The van der Waals surface area contributed by atoms with E-state index in [1.165, 1.54) is 4.90 Å². The van der Waals surface area contributed by atoms with Crippen LogP contribution in [-0.4, -0.2) is 63.8 Å². The number of carboxylic acids is 1. The van der Waals surface area contributed by atoms with Gasteiger partial charge < -0.3 is 14.9 Å². The number of carbonyl (C=O) groups excluding carboxylic acids is 2. The number of aliphatic carboxylic acids is 1. The number of alkyl halides is 2. The third-order valence-electron chi connectivity index (χ3n) is 5.22. The molecule has 2 amide bonds. The molecule has 2 aliphatic heterocycles. The Morgan fingerprint density at radius 3 is 2.13 bits per heavy atom. The molecule has 0 aromatic heterocycles. The third kappa shape index (κ3) is 2.79. The molecule has 3 rings (SSSR count). The molecule has 2 saturated heterocycles. The molecule has 0 bridgehead atoms. The van der Waals surface area contributed by atoms with Gasteiger partial charge in [0, 0.05) is 32.4 Å². The van der Waals surface area contributed by atoms with Gasteiger partial charge in [0.25, 0.3) is 5.92 Å². The quantitative estimate of drug-likeness (QED) is 0.840. The number of likely N-dealkylation sites (tertiary alicyclic amines) is 2. The minimum Gasteiger partial charge on any atom is -0.481 e. The lowest BCUT2D eigenvalue weighted by Gasteiger charge is -2.45. The van der Waals surface area contributed by atoms with Crippen molar-refractivity contribution < 1.29 is 28.3 Å². The molecular formula is C15H20F2N2O4. The van der Waals surface area contributed by atoms with Crippen molar-refractivity contribution >= 4 is 17.8 Å². The second-order valence-corrected chi connectivity index (χ2v) is 6.61. The maximum Gasteiger partial charge on any atom is 0.308 e. The summed E-state index contributed by atoms with van der Waals surface area (Å²) >= 11 is 0. The van der Waals surface area contributed by atoms with Crippen molar-refractivity contribution in [1.82, 2.24) is 9.80 Å². The maximum atomic E-state index is 14.6. The van der Waals surface area contributed by atoms with Crippen LogP contribution in [0.1, 0.15) is 38.5 Å². The second kappa shape index (κ2) is 5.72. The molecule has 1 N–H and O–H groups in total. The van der Waals surface area contributed by atoms with Gasteiger partial charge in [-0.05, 0) is 19.3 Å². The van der Waals surface area contributed by atoms with Gasteiger partial charge in [-0.15, -0.1) is 0 Å². The predicted octanol–water partition coefficient (Wildman–Crippen LogP) is 1.10. The van der Waals surface area contributed by atoms with Crippen LogP contribution in [0.25, 0.3) is 0 Å². The molecule has 8 heteroatoms. The topological polar surface area (TPSA) is 77.9 Å². The summed E-state index contributed by atoms with van der Waals surface area (Å²) in [5.41, 5.74) is 0. The lowest BCUT2D eigenvalue weighted by atomic mass is 9.77. The highest BCUT2D eigenvalue weighted by Crippen LogP contribution is 2.43. The number of rotatable bonds is 3. The molecule has 3 atom stereocenters. The number of carboxylic acid groups (broad SMARTS) is 1. The highest BCUT2D eigenvalue weighted by atomic mass is 19.3. The summed E-state index contributed by atoms with van der Waals surface area (Å²) in [5.74, 6) is -6.02. The van der Waals surface area contributed by atoms with E-state index in [9.17, 15) is 28.3 Å². The largest absolute Gasteiger partial charge is 0.481 e. The monoisotopic (exact) mass is 330 g/mol. The smallest absolute Gasteiger partial charge is 0.308 e. The van der Waals surface area contributed by atoms with Gasteiger partial charge in [0.1, 0.15) is 0 Å². The van der Waals surface area contributed by atoms with Crippen LogP contribution in [0.4, 0.5) is 8.78 Å². The fourth-order valence-corrected chi connectivity index (χ4v) is 4.09. The van der Waals surface area contributed by atoms with Gasteiger partial charge >= 0.3 is 5.97 Å². The molecule has 0 radical (unpaired) electrons. The summed E-state index contributed by atoms with van der Waals surface area (Å²) in [6.07, 6.45) is 0.617. The van der Waals surface area contributed by atoms with Gasteiger partial charge in [0.15, 0.2) is 0 Å². The molecule has 3 unspecified atom stereocenters. The van der Waals surface area contributed by atoms with Crippen molar-refractivity contribution in [3.63, 3.8) is 0 Å². The molecule has 1 saturated carbocycles. The Hall–Kier alpha value is -1.73. The first-order chi connectivity index (χ1) is 10.8. The van der Waals surface area contributed by atoms with Crippen LogP contribution in [-0.2, 0) is 14.4 Å². The SMILES string of the molecule is O=C(O)C1CC(N2CCCC2=O)C(F)(F)CC1N1CCCC1=O. The van der Waals surface area contributed by atoms with Gasteiger partial charge in [0.05, 0.1) is 18.0 Å². The normalized spacial score (nSPS) is 34.3. The minimum atomic E-state index is -3.18. The molecule has 23 heavy (non-hydrogen) atoms. The summed E-state index contributed by atoms with van der Waals surface area (Å²) < 4.78 is 29.3. The summed E-state index contributed by atoms with van der Waals surface area (Å²) in [6.45, 7) is 0.579. The molecular weight excluding hydrogens is 310 g/mol. The molecule has 0 aromatic carbocycles. The van der Waals surface area contributed by atoms with Gasteiger partial charge in [-0.25, -0.2) is 8.78 Å². The third-order valence-corrected chi connectivity index (χ3v) is 5.22. The van der Waals surface area contributed by atoms with Crippen LogP contribution in [0.5, 0.6) is 0 Å². The van der Waals surface area contributed by atoms with Crippen LogP contribution < -0.4 is 0 Å². The number of amides is 2. The van der Waals surface area contributed by atoms with Crippen molar-refractivity contribution in [1.29, 1.82) is 0 Å². The van der Waals surface area contributed by atoms with Gasteiger partial charge in [-0.1, -0.05) is 0 Å². The van der Waals surface area contributed by atoms with E-state index in [1.54, 1.807) is 0 Å². The van der Waals surface area contributed by atoms with Crippen LogP contribution >= 0.6 is 0 Å². The average molecular weight is 330 g/mol. The van der Waals surface area contributed by atoms with Crippen LogP contribution in [0.15, 0.2) is 0 Å². The van der Waals surface area contributed by atoms with Crippen molar-refractivity contribution in [2.45, 2.75) is 56.5 Å². The average Bonchev–Trinajstić information content (AvgIpc) is 3.06. The number of carbonyl (C=O) groups is 3. The van der Waals surface area contributed by atoms with Gasteiger partial charge in [0.2, 0.25) is 11.8 Å². The number of hydrogen-bond acceptors (Lipinski definition) is 3. The summed E-state index contributed by atoms with van der Waals surface area (Å²) in [5, 5.41) is 9.47. The predicted molar refractivity (Wildman–Crippen MR) is 74.8 cm³/mol. The number of nitrogens with zero attached hydrogens (tertiary/aromatic N) is 2. The fourth-order valence-electron chi connectivity index (χ4n) is 4.09. The first-order valence-electron chi connectivity index (χ1n) is 8.01. The van der Waals surface area contributed by atoms with E-state index in [-0.39, 0.29) is 37.6 Å². The van der Waals surface area contributed by atoms with Gasteiger partial charge in [-0.2, -0.15) is 0 Å². The zero-order valence-corrected chi connectivity index (χ0v) is 12.7. The Bertz CT molecular complexity index is 540. The van der Waals surface area contributed by atoms with Crippen LogP contribution in [0.3, 0.4) is 0 Å². The lowest BCUT2D eigenvalue weighted by Crippen LogP contribution is -2.60. The molecule has 128 valence electrons. The first kappa shape index (κ1) is 16.1.